The lowest BCUT2D eigenvalue weighted by Gasteiger charge is -2.01. The molecule has 0 nitrogen and oxygen atoms in total. The van der Waals surface area contributed by atoms with E-state index >= 15 is 0 Å². The maximum Gasteiger partial charge on any atom is 0.0243 e. The summed E-state index contributed by atoms with van der Waals surface area (Å²) < 4.78 is 1.09. The van der Waals surface area contributed by atoms with Gasteiger partial charge in [-0.15, -0.1) is 6.42 Å². The molecule has 0 unspecified atom stereocenters. The zero-order chi connectivity index (χ0) is 10.7. The fourth-order valence-corrected chi connectivity index (χ4v) is 1.67. The predicted molar refractivity (Wildman–Crippen MR) is 67.5 cm³/mol. The average Bonchev–Trinajstić information content (AvgIpc) is 2.30. The number of hydrogen-bond donors (Lipinski definition) is 0. The Bertz CT molecular complexity index is 486. The molecule has 1 heteroatoms. The topological polar surface area (TPSA) is 0 Å². The average molecular weight is 257 g/mol. The highest BCUT2D eigenvalue weighted by atomic mass is 79.9. The van der Waals surface area contributed by atoms with Gasteiger partial charge >= 0.3 is 0 Å². The first-order valence-electron chi connectivity index (χ1n) is 4.62. The normalized spacial score (nSPS) is 9.60. The number of rotatable bonds is 1. The number of benzene rings is 2. The smallest absolute Gasteiger partial charge is 0.0243 e. The van der Waals surface area contributed by atoms with E-state index in [1.165, 1.54) is 11.1 Å². The van der Waals surface area contributed by atoms with Crippen molar-refractivity contribution in [1.29, 1.82) is 0 Å². The minimum absolute atomic E-state index is 0.913. The zero-order valence-electron chi connectivity index (χ0n) is 8.07. The van der Waals surface area contributed by atoms with Gasteiger partial charge in [-0.2, -0.15) is 0 Å². The van der Waals surface area contributed by atoms with Gasteiger partial charge in [-0.05, 0) is 35.4 Å². The van der Waals surface area contributed by atoms with Gasteiger partial charge in [-0.25, -0.2) is 0 Å². The summed E-state index contributed by atoms with van der Waals surface area (Å²) in [5.41, 5.74) is 3.29. The molecule has 0 heterocycles. The molecule has 0 saturated carbocycles. The summed E-state index contributed by atoms with van der Waals surface area (Å²) in [5, 5.41) is 0. The van der Waals surface area contributed by atoms with E-state index in [1.807, 2.05) is 36.4 Å². The van der Waals surface area contributed by atoms with Crippen molar-refractivity contribution in [3.63, 3.8) is 0 Å². The van der Waals surface area contributed by atoms with Crippen LogP contribution >= 0.6 is 15.9 Å². The maximum atomic E-state index is 5.30. The molecule has 0 aromatic heterocycles. The van der Waals surface area contributed by atoms with Gasteiger partial charge in [-0.3, -0.25) is 0 Å². The third kappa shape index (κ3) is 2.29. The summed E-state index contributed by atoms with van der Waals surface area (Å²) in [6.45, 7) is 0. The third-order valence-electron chi connectivity index (χ3n) is 2.23. The molecule has 0 fully saturated rings. The van der Waals surface area contributed by atoms with E-state index in [0.29, 0.717) is 0 Å². The summed E-state index contributed by atoms with van der Waals surface area (Å²) in [6.07, 6.45) is 5.30. The lowest BCUT2D eigenvalue weighted by Crippen LogP contribution is -1.78. The molecule has 72 valence electrons. The highest BCUT2D eigenvalue weighted by Gasteiger charge is 1.96. The fraction of sp³-hybridized carbons (Fsp3) is 0. The standard InChI is InChI=1S/C14H9Br/c1-2-11-3-5-12(6-4-11)13-7-9-14(15)10-8-13/h1,3-10H. The van der Waals surface area contributed by atoms with Crippen LogP contribution in [0.5, 0.6) is 0 Å². The Kier molecular flexibility index (Phi) is 2.89. The molecule has 0 aliphatic carbocycles. The van der Waals surface area contributed by atoms with E-state index in [-0.39, 0.29) is 0 Å². The number of terminal acetylenes is 1. The van der Waals surface area contributed by atoms with Crippen LogP contribution in [-0.4, -0.2) is 0 Å². The molecule has 0 saturated heterocycles. The van der Waals surface area contributed by atoms with Crippen molar-refractivity contribution in [1.82, 2.24) is 0 Å². The molecule has 2 rings (SSSR count). The Labute approximate surface area is 98.1 Å². The molecule has 15 heavy (non-hydrogen) atoms. The van der Waals surface area contributed by atoms with Crippen molar-refractivity contribution < 1.29 is 0 Å². The van der Waals surface area contributed by atoms with Crippen LogP contribution in [0, 0.1) is 12.3 Å². The van der Waals surface area contributed by atoms with Crippen molar-refractivity contribution in [2.45, 2.75) is 0 Å². The molecule has 0 atom stereocenters. The summed E-state index contributed by atoms with van der Waals surface area (Å²) in [5.74, 6) is 2.61. The van der Waals surface area contributed by atoms with Crippen LogP contribution in [0.4, 0.5) is 0 Å². The first kappa shape index (κ1) is 10.0. The van der Waals surface area contributed by atoms with Gasteiger partial charge in [-0.1, -0.05) is 46.1 Å². The molecule has 0 bridgehead atoms. The van der Waals surface area contributed by atoms with Crippen molar-refractivity contribution in [3.05, 3.63) is 58.6 Å². The van der Waals surface area contributed by atoms with Crippen LogP contribution in [0.2, 0.25) is 0 Å². The summed E-state index contributed by atoms with van der Waals surface area (Å²) in [7, 11) is 0. The molecule has 0 N–H and O–H groups in total. The van der Waals surface area contributed by atoms with Crippen LogP contribution in [0.3, 0.4) is 0 Å². The zero-order valence-corrected chi connectivity index (χ0v) is 9.66. The van der Waals surface area contributed by atoms with Gasteiger partial charge in [0.1, 0.15) is 0 Å². The minimum Gasteiger partial charge on any atom is -0.115 e. The van der Waals surface area contributed by atoms with E-state index in [9.17, 15) is 0 Å². The van der Waals surface area contributed by atoms with Gasteiger partial charge in [0.25, 0.3) is 0 Å². The first-order chi connectivity index (χ1) is 7.29. The molecule has 0 radical (unpaired) electrons. The largest absolute Gasteiger partial charge is 0.115 e. The Balaban J connectivity index is 2.38. The second-order valence-electron chi connectivity index (χ2n) is 3.23. The van der Waals surface area contributed by atoms with E-state index in [4.69, 9.17) is 6.42 Å². The maximum absolute atomic E-state index is 5.30. The molecule has 2 aromatic rings. The van der Waals surface area contributed by atoms with Gasteiger partial charge in [0.2, 0.25) is 0 Å². The predicted octanol–water partition coefficient (Wildman–Crippen LogP) is 4.10. The summed E-state index contributed by atoms with van der Waals surface area (Å²) >= 11 is 3.41. The summed E-state index contributed by atoms with van der Waals surface area (Å²) in [6, 6.07) is 16.2. The molecule has 0 aliphatic heterocycles. The SMILES string of the molecule is C#Cc1ccc(-c2ccc(Br)cc2)cc1. The fourth-order valence-electron chi connectivity index (χ4n) is 1.40. The minimum atomic E-state index is 0.913. The van der Waals surface area contributed by atoms with E-state index in [0.717, 1.165) is 10.0 Å². The highest BCUT2D eigenvalue weighted by Crippen LogP contribution is 2.21. The van der Waals surface area contributed by atoms with Crippen LogP contribution < -0.4 is 0 Å². The Hall–Kier alpha value is -1.52. The molecular formula is C14H9Br. The molecular weight excluding hydrogens is 248 g/mol. The Morgan fingerprint density at radius 1 is 0.800 bits per heavy atom. The lowest BCUT2D eigenvalue weighted by molar-refractivity contribution is 1.58. The molecule has 0 aliphatic rings. The first-order valence-corrected chi connectivity index (χ1v) is 5.41. The molecule has 0 spiro atoms. The van der Waals surface area contributed by atoms with E-state index in [1.54, 1.807) is 0 Å². The van der Waals surface area contributed by atoms with E-state index in [2.05, 4.69) is 34.0 Å². The number of hydrogen-bond acceptors (Lipinski definition) is 0. The Morgan fingerprint density at radius 3 is 1.73 bits per heavy atom. The number of halogens is 1. The van der Waals surface area contributed by atoms with Gasteiger partial charge in [0.15, 0.2) is 0 Å². The second-order valence-corrected chi connectivity index (χ2v) is 4.14. The Morgan fingerprint density at radius 2 is 1.27 bits per heavy atom. The van der Waals surface area contributed by atoms with Crippen molar-refractivity contribution in [3.8, 4) is 23.5 Å². The lowest BCUT2D eigenvalue weighted by atomic mass is 10.0. The van der Waals surface area contributed by atoms with E-state index < -0.39 is 0 Å². The monoisotopic (exact) mass is 256 g/mol. The van der Waals surface area contributed by atoms with Crippen LogP contribution in [0.25, 0.3) is 11.1 Å². The third-order valence-corrected chi connectivity index (χ3v) is 2.76. The van der Waals surface area contributed by atoms with Crippen LogP contribution in [0.1, 0.15) is 5.56 Å². The summed E-state index contributed by atoms with van der Waals surface area (Å²) in [4.78, 5) is 0. The quantitative estimate of drug-likeness (QED) is 0.675. The highest BCUT2D eigenvalue weighted by molar-refractivity contribution is 9.10. The molecule has 0 amide bonds. The van der Waals surface area contributed by atoms with Crippen LogP contribution in [-0.2, 0) is 0 Å². The molecule has 2 aromatic carbocycles. The van der Waals surface area contributed by atoms with Crippen molar-refractivity contribution in [2.75, 3.05) is 0 Å². The van der Waals surface area contributed by atoms with Crippen molar-refractivity contribution >= 4 is 15.9 Å². The second kappa shape index (κ2) is 4.33. The van der Waals surface area contributed by atoms with Crippen molar-refractivity contribution in [2.24, 2.45) is 0 Å². The van der Waals surface area contributed by atoms with Crippen LogP contribution in [0.15, 0.2) is 53.0 Å². The van der Waals surface area contributed by atoms with Gasteiger partial charge in [0.05, 0.1) is 0 Å². The van der Waals surface area contributed by atoms with Gasteiger partial charge < -0.3 is 0 Å². The van der Waals surface area contributed by atoms with Gasteiger partial charge in [0, 0.05) is 10.0 Å².